The zero-order valence-electron chi connectivity index (χ0n) is 30.0. The summed E-state index contributed by atoms with van der Waals surface area (Å²) in [6.45, 7) is 0. The molecule has 0 saturated heterocycles. The number of hydrogen-bond acceptors (Lipinski definition) is 5. The highest BCUT2D eigenvalue weighted by Gasteiger charge is 2.25. The van der Waals surface area contributed by atoms with E-state index in [2.05, 4.69) is 151 Å². The highest BCUT2D eigenvalue weighted by molar-refractivity contribution is 6.24. The lowest BCUT2D eigenvalue weighted by molar-refractivity contribution is 0.655. The fraction of sp³-hybridized carbons (Fsp3) is 0.0196. The van der Waals surface area contributed by atoms with Crippen molar-refractivity contribution in [3.63, 3.8) is 0 Å². The Bertz CT molecular complexity index is 3480. The summed E-state index contributed by atoms with van der Waals surface area (Å²) in [7, 11) is 0. The third-order valence-electron chi connectivity index (χ3n) is 11.3. The smallest absolute Gasteiger partial charge is 0.160 e. The summed E-state index contributed by atoms with van der Waals surface area (Å²) in [5, 5.41) is 15.1. The van der Waals surface area contributed by atoms with Gasteiger partial charge in [0.1, 0.15) is 34.3 Å². The molecule has 0 amide bonds. The van der Waals surface area contributed by atoms with Crippen LogP contribution in [0.1, 0.15) is 22.9 Å². The Morgan fingerprint density at radius 1 is 0.429 bits per heavy atom. The first-order valence-electron chi connectivity index (χ1n) is 18.9. The van der Waals surface area contributed by atoms with Gasteiger partial charge in [-0.3, -0.25) is 0 Å². The number of nitrogens with zero attached hydrogens (tertiary/aromatic N) is 2. The van der Waals surface area contributed by atoms with Gasteiger partial charge in [-0.1, -0.05) is 146 Å². The van der Waals surface area contributed by atoms with Gasteiger partial charge in [0.2, 0.25) is 0 Å². The Morgan fingerprint density at radius 2 is 1.12 bits per heavy atom. The standard InChI is InChI=1S/C51H31N3O2/c1-2-12-31-27-33(24-23-30(31)11-1)49-52-50(34-25-26-39-38-17-7-8-21-44(38)55-46(39)29-34)54-51(53-49)42-20-10-22-45-47(42)41-19-9-18-40(48(41)56-45)43-28-32-13-3-4-14-35(32)36-15-5-6-16-37(36)43/h1-29,50H,(H,52,53,54). The van der Waals surface area contributed by atoms with Gasteiger partial charge in [0, 0.05) is 43.8 Å². The van der Waals surface area contributed by atoms with Crippen molar-refractivity contribution in [1.29, 1.82) is 0 Å². The predicted molar refractivity (Wildman–Crippen MR) is 231 cm³/mol. The molecule has 0 bridgehead atoms. The summed E-state index contributed by atoms with van der Waals surface area (Å²) >= 11 is 0. The maximum absolute atomic E-state index is 6.85. The molecule has 5 nitrogen and oxygen atoms in total. The lowest BCUT2D eigenvalue weighted by Gasteiger charge is -2.24. The average molecular weight is 718 g/mol. The third kappa shape index (κ3) is 4.74. The topological polar surface area (TPSA) is 63.0 Å². The normalized spacial score (nSPS) is 14.6. The van der Waals surface area contributed by atoms with E-state index in [1.54, 1.807) is 0 Å². The van der Waals surface area contributed by atoms with Crippen molar-refractivity contribution in [2.45, 2.75) is 6.17 Å². The van der Waals surface area contributed by atoms with Crippen molar-refractivity contribution in [3.05, 3.63) is 193 Å². The van der Waals surface area contributed by atoms with Gasteiger partial charge in [-0.05, 0) is 68.2 Å². The first-order chi connectivity index (χ1) is 27.7. The second kappa shape index (κ2) is 12.0. The zero-order chi connectivity index (χ0) is 36.7. The van der Waals surface area contributed by atoms with E-state index in [0.29, 0.717) is 5.84 Å². The molecule has 1 atom stereocenters. The lowest BCUT2D eigenvalue weighted by Crippen LogP contribution is -2.33. The highest BCUT2D eigenvalue weighted by Crippen LogP contribution is 2.42. The van der Waals surface area contributed by atoms with Crippen LogP contribution in [0.2, 0.25) is 0 Å². The molecule has 2 aromatic heterocycles. The molecular formula is C51H31N3O2. The zero-order valence-corrected chi connectivity index (χ0v) is 30.0. The maximum Gasteiger partial charge on any atom is 0.160 e. The summed E-state index contributed by atoms with van der Waals surface area (Å²) in [5.74, 6) is 1.39. The van der Waals surface area contributed by atoms with Gasteiger partial charge < -0.3 is 14.2 Å². The fourth-order valence-corrected chi connectivity index (χ4v) is 8.66. The lowest BCUT2D eigenvalue weighted by atomic mass is 9.92. The molecule has 0 aliphatic carbocycles. The van der Waals surface area contributed by atoms with Crippen molar-refractivity contribution >= 4 is 87.9 Å². The van der Waals surface area contributed by atoms with Crippen LogP contribution in [0, 0.1) is 0 Å². The van der Waals surface area contributed by atoms with Crippen LogP contribution in [0.3, 0.4) is 0 Å². The minimum atomic E-state index is -0.422. The molecule has 12 rings (SSSR count). The molecule has 0 spiro atoms. The minimum absolute atomic E-state index is 0.422. The SMILES string of the molecule is c1ccc2cc(C3=NC(c4cccc5oc6c(-c7cc8ccccc8c8ccccc78)cccc6c45)=NC(c4ccc5c(c4)oc4ccccc45)N3)ccc2c1. The first kappa shape index (κ1) is 30.9. The van der Waals surface area contributed by atoms with E-state index in [-0.39, 0.29) is 0 Å². The molecule has 1 N–H and O–H groups in total. The summed E-state index contributed by atoms with van der Waals surface area (Å²) in [4.78, 5) is 10.6. The van der Waals surface area contributed by atoms with E-state index in [0.717, 1.165) is 82.9 Å². The van der Waals surface area contributed by atoms with Crippen molar-refractivity contribution in [2.24, 2.45) is 9.98 Å². The molecular weight excluding hydrogens is 687 g/mol. The number of amidine groups is 2. The van der Waals surface area contributed by atoms with Crippen LogP contribution >= 0.6 is 0 Å². The number of hydrogen-bond donors (Lipinski definition) is 1. The van der Waals surface area contributed by atoms with Crippen LogP contribution in [0.5, 0.6) is 0 Å². The van der Waals surface area contributed by atoms with Crippen LogP contribution < -0.4 is 5.32 Å². The second-order valence-corrected chi connectivity index (χ2v) is 14.5. The molecule has 0 radical (unpaired) electrons. The fourth-order valence-electron chi connectivity index (χ4n) is 8.66. The van der Waals surface area contributed by atoms with E-state index in [9.17, 15) is 0 Å². The first-order valence-corrected chi connectivity index (χ1v) is 18.9. The minimum Gasteiger partial charge on any atom is -0.456 e. The van der Waals surface area contributed by atoms with Gasteiger partial charge in [-0.2, -0.15) is 0 Å². The van der Waals surface area contributed by atoms with E-state index < -0.39 is 6.17 Å². The number of nitrogens with one attached hydrogen (secondary N) is 1. The molecule has 1 aliphatic heterocycles. The van der Waals surface area contributed by atoms with Crippen molar-refractivity contribution in [1.82, 2.24) is 5.32 Å². The Labute approximate surface area is 320 Å². The van der Waals surface area contributed by atoms with Gasteiger partial charge in [-0.15, -0.1) is 0 Å². The van der Waals surface area contributed by atoms with Crippen molar-refractivity contribution in [2.75, 3.05) is 0 Å². The predicted octanol–water partition coefficient (Wildman–Crippen LogP) is 13.1. The van der Waals surface area contributed by atoms with Gasteiger partial charge in [0.15, 0.2) is 5.84 Å². The number of furan rings is 2. The Balaban J connectivity index is 1.06. The van der Waals surface area contributed by atoms with Gasteiger partial charge in [0.05, 0.1) is 0 Å². The van der Waals surface area contributed by atoms with Crippen molar-refractivity contribution in [3.8, 4) is 11.1 Å². The number of aliphatic imine (C=N–C) groups is 2. The molecule has 11 aromatic rings. The van der Waals surface area contributed by atoms with Gasteiger partial charge >= 0.3 is 0 Å². The molecule has 262 valence electrons. The summed E-state index contributed by atoms with van der Waals surface area (Å²) in [6, 6.07) is 61.6. The largest absolute Gasteiger partial charge is 0.456 e. The third-order valence-corrected chi connectivity index (χ3v) is 11.3. The Morgan fingerprint density at radius 3 is 2.04 bits per heavy atom. The summed E-state index contributed by atoms with van der Waals surface area (Å²) in [5.41, 5.74) is 8.41. The second-order valence-electron chi connectivity index (χ2n) is 14.5. The molecule has 9 aromatic carbocycles. The van der Waals surface area contributed by atoms with Crippen molar-refractivity contribution < 1.29 is 8.83 Å². The van der Waals surface area contributed by atoms with Crippen LogP contribution in [0.25, 0.3) is 87.3 Å². The summed E-state index contributed by atoms with van der Waals surface area (Å²) < 4.78 is 13.2. The summed E-state index contributed by atoms with van der Waals surface area (Å²) in [6.07, 6.45) is -0.422. The number of para-hydroxylation sites is 2. The number of fused-ring (bicyclic) bond motifs is 10. The number of rotatable bonds is 4. The van der Waals surface area contributed by atoms with Crippen LogP contribution in [-0.4, -0.2) is 11.7 Å². The van der Waals surface area contributed by atoms with Gasteiger partial charge in [-0.25, -0.2) is 9.98 Å². The maximum atomic E-state index is 6.85. The van der Waals surface area contributed by atoms with E-state index in [1.807, 2.05) is 30.3 Å². The van der Waals surface area contributed by atoms with Gasteiger partial charge in [0.25, 0.3) is 0 Å². The molecule has 3 heterocycles. The molecule has 0 saturated carbocycles. The van der Waals surface area contributed by atoms with Crippen LogP contribution in [0.15, 0.2) is 195 Å². The van der Waals surface area contributed by atoms with E-state index in [1.165, 1.54) is 26.9 Å². The van der Waals surface area contributed by atoms with Crippen LogP contribution in [-0.2, 0) is 0 Å². The van der Waals surface area contributed by atoms with E-state index >= 15 is 0 Å². The molecule has 1 unspecified atom stereocenters. The quantitative estimate of drug-likeness (QED) is 0.184. The molecule has 1 aliphatic rings. The Hall–Kier alpha value is -7.50. The molecule has 5 heteroatoms. The monoisotopic (exact) mass is 717 g/mol. The Kier molecular flexibility index (Phi) is 6.63. The van der Waals surface area contributed by atoms with Crippen LogP contribution in [0.4, 0.5) is 0 Å². The molecule has 0 fully saturated rings. The number of benzene rings is 9. The van der Waals surface area contributed by atoms with E-state index in [4.69, 9.17) is 18.8 Å². The average Bonchev–Trinajstić information content (AvgIpc) is 3.84. The highest BCUT2D eigenvalue weighted by atomic mass is 16.3. The molecule has 56 heavy (non-hydrogen) atoms.